The minimum absolute atomic E-state index is 0.183. The average Bonchev–Trinajstić information content (AvgIpc) is 2.93. The number of hydrogen-bond acceptors (Lipinski definition) is 5. The number of nitrogens with zero attached hydrogens (tertiary/aromatic N) is 1. The van der Waals surface area contributed by atoms with Gasteiger partial charge in [-0.2, -0.15) is 5.10 Å². The molecule has 4 aromatic rings. The second-order valence-electron chi connectivity index (χ2n) is 8.13. The highest BCUT2D eigenvalue weighted by molar-refractivity contribution is 6.35. The van der Waals surface area contributed by atoms with E-state index in [1.54, 1.807) is 48.7 Å². The summed E-state index contributed by atoms with van der Waals surface area (Å²) in [6.45, 7) is 3.00. The molecule has 1 amide bonds. The van der Waals surface area contributed by atoms with Crippen LogP contribution in [0.25, 0.3) is 0 Å². The number of rotatable bonds is 11. The summed E-state index contributed by atoms with van der Waals surface area (Å²) in [6.07, 6.45) is 1.54. The van der Waals surface area contributed by atoms with E-state index in [0.29, 0.717) is 46.1 Å². The van der Waals surface area contributed by atoms with E-state index in [2.05, 4.69) is 10.5 Å². The number of carbonyl (C=O) groups is 1. The maximum absolute atomic E-state index is 12.8. The van der Waals surface area contributed by atoms with E-state index in [0.717, 1.165) is 16.7 Å². The molecule has 0 aliphatic rings. The maximum Gasteiger partial charge on any atom is 0.275 e. The van der Waals surface area contributed by atoms with Crippen LogP contribution in [0.2, 0.25) is 10.0 Å². The summed E-state index contributed by atoms with van der Waals surface area (Å²) in [5.41, 5.74) is 5.45. The van der Waals surface area contributed by atoms with E-state index >= 15 is 0 Å². The molecule has 6 nitrogen and oxygen atoms in total. The number of amides is 1. The van der Waals surface area contributed by atoms with Crippen molar-refractivity contribution in [3.05, 3.63) is 123 Å². The van der Waals surface area contributed by atoms with E-state index in [4.69, 9.17) is 37.4 Å². The molecule has 0 atom stereocenters. The number of ether oxygens (including phenoxy) is 3. The molecule has 0 aliphatic heterocycles. The van der Waals surface area contributed by atoms with Gasteiger partial charge in [0, 0.05) is 15.6 Å². The third-order valence-electron chi connectivity index (χ3n) is 5.41. The Bertz CT molecular complexity index is 1410. The van der Waals surface area contributed by atoms with Crippen molar-refractivity contribution in [2.24, 2.45) is 5.10 Å². The van der Waals surface area contributed by atoms with Crippen molar-refractivity contribution >= 4 is 35.3 Å². The van der Waals surface area contributed by atoms with Crippen molar-refractivity contribution in [1.82, 2.24) is 5.43 Å². The number of hydrazone groups is 1. The van der Waals surface area contributed by atoms with Crippen LogP contribution in [0.5, 0.6) is 17.2 Å². The summed E-state index contributed by atoms with van der Waals surface area (Å²) in [7, 11) is 0. The van der Waals surface area contributed by atoms with Gasteiger partial charge in [0.05, 0.1) is 18.4 Å². The van der Waals surface area contributed by atoms with Crippen LogP contribution < -0.4 is 19.6 Å². The van der Waals surface area contributed by atoms with E-state index < -0.39 is 5.91 Å². The summed E-state index contributed by atoms with van der Waals surface area (Å²) in [6, 6.07) is 27.5. The Morgan fingerprint density at radius 1 is 0.816 bits per heavy atom. The van der Waals surface area contributed by atoms with Crippen LogP contribution in [0, 0.1) is 0 Å². The summed E-state index contributed by atoms with van der Waals surface area (Å²) in [4.78, 5) is 12.8. The number of carbonyl (C=O) groups excluding carboxylic acids is 1. The standard InChI is InChI=1S/C30H26Cl2N2O4/c1-2-36-29-16-22(12-15-28(29)37-19-21-8-4-3-5-9-21)18-33-34-30(35)25-10-6-7-11-27(25)38-20-23-13-14-24(31)17-26(23)32/h3-18H,2,19-20H2,1H3,(H,34,35)/b33-18+. The zero-order chi connectivity index (χ0) is 26.7. The zero-order valence-corrected chi connectivity index (χ0v) is 22.2. The third kappa shape index (κ3) is 7.51. The van der Waals surface area contributed by atoms with Crippen LogP contribution in [-0.2, 0) is 13.2 Å². The molecule has 0 saturated heterocycles. The van der Waals surface area contributed by atoms with Gasteiger partial charge in [0.1, 0.15) is 19.0 Å². The van der Waals surface area contributed by atoms with Crippen LogP contribution in [0.15, 0.2) is 96.1 Å². The van der Waals surface area contributed by atoms with Crippen LogP contribution in [0.1, 0.15) is 34.0 Å². The first-order valence-corrected chi connectivity index (χ1v) is 12.7. The topological polar surface area (TPSA) is 69.2 Å². The first-order valence-electron chi connectivity index (χ1n) is 12.0. The second kappa shape index (κ2) is 13.5. The lowest BCUT2D eigenvalue weighted by Gasteiger charge is -2.13. The molecule has 4 aromatic carbocycles. The largest absolute Gasteiger partial charge is 0.490 e. The van der Waals surface area contributed by atoms with E-state index in [9.17, 15) is 4.79 Å². The molecule has 1 N–H and O–H groups in total. The van der Waals surface area contributed by atoms with Crippen LogP contribution in [0.4, 0.5) is 0 Å². The predicted octanol–water partition coefficient (Wildman–Crippen LogP) is 7.31. The fraction of sp³-hybridized carbons (Fsp3) is 0.133. The molecule has 0 radical (unpaired) electrons. The monoisotopic (exact) mass is 548 g/mol. The minimum Gasteiger partial charge on any atom is -0.490 e. The molecule has 8 heteroatoms. The molecular formula is C30H26Cl2N2O4. The van der Waals surface area contributed by atoms with Crippen LogP contribution >= 0.6 is 23.2 Å². The van der Waals surface area contributed by atoms with E-state index in [-0.39, 0.29) is 6.61 Å². The highest BCUT2D eigenvalue weighted by Crippen LogP contribution is 2.29. The van der Waals surface area contributed by atoms with Gasteiger partial charge in [-0.1, -0.05) is 71.7 Å². The van der Waals surface area contributed by atoms with Gasteiger partial charge >= 0.3 is 0 Å². The predicted molar refractivity (Wildman–Crippen MR) is 151 cm³/mol. The van der Waals surface area contributed by atoms with E-state index in [1.807, 2.05) is 55.5 Å². The molecule has 194 valence electrons. The number of hydrogen-bond donors (Lipinski definition) is 1. The molecule has 4 rings (SSSR count). The molecule has 0 unspecified atom stereocenters. The number of nitrogens with one attached hydrogen (secondary N) is 1. The Balaban J connectivity index is 1.39. The molecule has 0 spiro atoms. The Hall–Kier alpha value is -4.00. The van der Waals surface area contributed by atoms with Crippen molar-refractivity contribution in [2.45, 2.75) is 20.1 Å². The zero-order valence-electron chi connectivity index (χ0n) is 20.7. The van der Waals surface area contributed by atoms with Crippen LogP contribution in [-0.4, -0.2) is 18.7 Å². The Kier molecular flexibility index (Phi) is 9.62. The normalized spacial score (nSPS) is 10.8. The molecule has 38 heavy (non-hydrogen) atoms. The third-order valence-corrected chi connectivity index (χ3v) is 6.00. The summed E-state index contributed by atoms with van der Waals surface area (Å²) in [5.74, 6) is 1.22. The molecule has 0 fully saturated rings. The minimum atomic E-state index is -0.410. The first kappa shape index (κ1) is 27.0. The molecule has 0 aromatic heterocycles. The number of benzene rings is 4. The highest BCUT2D eigenvalue weighted by atomic mass is 35.5. The van der Waals surface area contributed by atoms with Gasteiger partial charge in [-0.15, -0.1) is 0 Å². The van der Waals surface area contributed by atoms with Crippen molar-refractivity contribution < 1.29 is 19.0 Å². The van der Waals surface area contributed by atoms with Crippen molar-refractivity contribution in [1.29, 1.82) is 0 Å². The Morgan fingerprint density at radius 3 is 2.37 bits per heavy atom. The molecule has 0 heterocycles. The SMILES string of the molecule is CCOc1cc(/C=N/NC(=O)c2ccccc2OCc2ccc(Cl)cc2Cl)ccc1OCc1ccccc1. The molecular weight excluding hydrogens is 523 g/mol. The van der Waals surface area contributed by atoms with Crippen LogP contribution in [0.3, 0.4) is 0 Å². The van der Waals surface area contributed by atoms with Gasteiger partial charge in [0.2, 0.25) is 0 Å². The van der Waals surface area contributed by atoms with Crippen molar-refractivity contribution in [3.63, 3.8) is 0 Å². The highest BCUT2D eigenvalue weighted by Gasteiger charge is 2.13. The summed E-state index contributed by atoms with van der Waals surface area (Å²) in [5, 5.41) is 5.15. The smallest absolute Gasteiger partial charge is 0.275 e. The molecule has 0 bridgehead atoms. The Morgan fingerprint density at radius 2 is 1.58 bits per heavy atom. The first-order chi connectivity index (χ1) is 18.5. The van der Waals surface area contributed by atoms with Crippen molar-refractivity contribution in [2.75, 3.05) is 6.61 Å². The lowest BCUT2D eigenvalue weighted by atomic mass is 10.2. The van der Waals surface area contributed by atoms with Gasteiger partial charge in [-0.05, 0) is 60.5 Å². The average molecular weight is 549 g/mol. The number of para-hydroxylation sites is 1. The lowest BCUT2D eigenvalue weighted by Crippen LogP contribution is -2.18. The van der Waals surface area contributed by atoms with Gasteiger partial charge in [-0.25, -0.2) is 5.43 Å². The summed E-state index contributed by atoms with van der Waals surface area (Å²) < 4.78 is 17.6. The van der Waals surface area contributed by atoms with Gasteiger partial charge in [0.25, 0.3) is 5.91 Å². The quantitative estimate of drug-likeness (QED) is 0.157. The molecule has 0 saturated carbocycles. The van der Waals surface area contributed by atoms with E-state index in [1.165, 1.54) is 0 Å². The number of halogens is 2. The fourth-order valence-electron chi connectivity index (χ4n) is 3.53. The fourth-order valence-corrected chi connectivity index (χ4v) is 3.99. The van der Waals surface area contributed by atoms with Gasteiger partial charge < -0.3 is 14.2 Å². The van der Waals surface area contributed by atoms with Gasteiger partial charge in [0.15, 0.2) is 11.5 Å². The maximum atomic E-state index is 12.8. The van der Waals surface area contributed by atoms with Gasteiger partial charge in [-0.3, -0.25) is 4.79 Å². The Labute approximate surface area is 231 Å². The summed E-state index contributed by atoms with van der Waals surface area (Å²) >= 11 is 12.2. The second-order valence-corrected chi connectivity index (χ2v) is 8.98. The molecule has 0 aliphatic carbocycles. The lowest BCUT2D eigenvalue weighted by molar-refractivity contribution is 0.0950. The van der Waals surface area contributed by atoms with Crippen molar-refractivity contribution in [3.8, 4) is 17.2 Å².